The number of aromatic nitrogens is 1. The summed E-state index contributed by atoms with van der Waals surface area (Å²) in [7, 11) is 0. The number of hydrogen-bond acceptors (Lipinski definition) is 3. The Bertz CT molecular complexity index is 338. The van der Waals surface area contributed by atoms with E-state index in [-0.39, 0.29) is 5.92 Å². The largest absolute Gasteiger partial charge is 0.368 e. The number of nitrogens with zero attached hydrogens (tertiary/aromatic N) is 1. The third kappa shape index (κ3) is 1.19. The maximum Gasteiger partial charge on any atom is 0.238 e. The molecule has 0 saturated heterocycles. The highest BCUT2D eigenvalue weighted by atomic mass is 16.1. The van der Waals surface area contributed by atoms with E-state index in [0.717, 1.165) is 5.69 Å². The SMILES string of the molecule is NC(=O)[C@]1(N)C[C@@H]1c1ccccn1. The minimum Gasteiger partial charge on any atom is -0.368 e. The van der Waals surface area contributed by atoms with Gasteiger partial charge in [0.2, 0.25) is 5.91 Å². The van der Waals surface area contributed by atoms with Crippen LogP contribution >= 0.6 is 0 Å². The molecule has 4 heteroatoms. The summed E-state index contributed by atoms with van der Waals surface area (Å²) in [5.74, 6) is -0.436. The van der Waals surface area contributed by atoms with Crippen molar-refractivity contribution in [2.45, 2.75) is 17.9 Å². The highest BCUT2D eigenvalue weighted by Crippen LogP contribution is 2.48. The Morgan fingerprint density at radius 1 is 1.62 bits per heavy atom. The van der Waals surface area contributed by atoms with E-state index in [1.54, 1.807) is 6.20 Å². The minimum atomic E-state index is -0.853. The Balaban J connectivity index is 2.21. The Kier molecular flexibility index (Phi) is 1.60. The molecule has 1 saturated carbocycles. The van der Waals surface area contributed by atoms with Crippen LogP contribution in [-0.4, -0.2) is 16.4 Å². The topological polar surface area (TPSA) is 82.0 Å². The maximum absolute atomic E-state index is 10.9. The fourth-order valence-corrected chi connectivity index (χ4v) is 1.50. The molecule has 2 atom stereocenters. The van der Waals surface area contributed by atoms with Gasteiger partial charge in [0.1, 0.15) is 5.54 Å². The van der Waals surface area contributed by atoms with Crippen molar-refractivity contribution in [1.82, 2.24) is 4.98 Å². The molecular weight excluding hydrogens is 166 g/mol. The van der Waals surface area contributed by atoms with Gasteiger partial charge in [-0.1, -0.05) is 6.07 Å². The first-order chi connectivity index (χ1) is 6.14. The Morgan fingerprint density at radius 3 is 2.85 bits per heavy atom. The monoisotopic (exact) mass is 177 g/mol. The zero-order chi connectivity index (χ0) is 9.47. The van der Waals surface area contributed by atoms with Gasteiger partial charge in [0.05, 0.1) is 0 Å². The molecule has 0 bridgehead atoms. The molecular formula is C9H11N3O. The number of nitrogens with two attached hydrogens (primary N) is 2. The molecule has 0 aliphatic heterocycles. The summed E-state index contributed by atoms with van der Waals surface area (Å²) in [6, 6.07) is 5.57. The summed E-state index contributed by atoms with van der Waals surface area (Å²) >= 11 is 0. The molecule has 1 aliphatic rings. The first-order valence-electron chi connectivity index (χ1n) is 4.14. The third-order valence-electron chi connectivity index (χ3n) is 2.51. The van der Waals surface area contributed by atoms with E-state index in [1.807, 2.05) is 18.2 Å². The summed E-state index contributed by atoms with van der Waals surface area (Å²) in [6.07, 6.45) is 2.30. The number of carbonyl (C=O) groups is 1. The summed E-state index contributed by atoms with van der Waals surface area (Å²) in [5.41, 5.74) is 10.9. The molecule has 0 aromatic carbocycles. The molecule has 0 radical (unpaired) electrons. The molecule has 4 N–H and O–H groups in total. The van der Waals surface area contributed by atoms with Crippen LogP contribution in [0, 0.1) is 0 Å². The number of pyridine rings is 1. The molecule has 1 aliphatic carbocycles. The van der Waals surface area contributed by atoms with Crippen molar-refractivity contribution < 1.29 is 4.79 Å². The molecule has 13 heavy (non-hydrogen) atoms. The molecule has 2 rings (SSSR count). The van der Waals surface area contributed by atoms with Crippen LogP contribution in [0.1, 0.15) is 18.0 Å². The molecule has 1 heterocycles. The van der Waals surface area contributed by atoms with Crippen molar-refractivity contribution in [3.8, 4) is 0 Å². The molecule has 1 aromatic rings. The lowest BCUT2D eigenvalue weighted by atomic mass is 10.1. The van der Waals surface area contributed by atoms with Crippen molar-refractivity contribution in [3.63, 3.8) is 0 Å². The predicted molar refractivity (Wildman–Crippen MR) is 47.7 cm³/mol. The van der Waals surface area contributed by atoms with Crippen molar-refractivity contribution in [2.75, 3.05) is 0 Å². The van der Waals surface area contributed by atoms with Crippen LogP contribution < -0.4 is 11.5 Å². The van der Waals surface area contributed by atoms with E-state index < -0.39 is 11.4 Å². The molecule has 68 valence electrons. The van der Waals surface area contributed by atoms with Crippen LogP contribution in [0.2, 0.25) is 0 Å². The highest BCUT2D eigenvalue weighted by molar-refractivity contribution is 5.89. The lowest BCUT2D eigenvalue weighted by molar-refractivity contribution is -0.120. The number of hydrogen-bond donors (Lipinski definition) is 2. The van der Waals surface area contributed by atoms with Gasteiger partial charge in [-0.05, 0) is 18.6 Å². The van der Waals surface area contributed by atoms with Crippen molar-refractivity contribution in [2.24, 2.45) is 11.5 Å². The van der Waals surface area contributed by atoms with Crippen LogP contribution in [0.5, 0.6) is 0 Å². The van der Waals surface area contributed by atoms with Crippen LogP contribution in [0.3, 0.4) is 0 Å². The van der Waals surface area contributed by atoms with Crippen molar-refractivity contribution >= 4 is 5.91 Å². The number of rotatable bonds is 2. The van der Waals surface area contributed by atoms with Gasteiger partial charge in [-0.2, -0.15) is 0 Å². The van der Waals surface area contributed by atoms with Gasteiger partial charge in [-0.3, -0.25) is 9.78 Å². The zero-order valence-electron chi connectivity index (χ0n) is 7.10. The predicted octanol–water partition coefficient (Wildman–Crippen LogP) is -0.248. The number of amides is 1. The summed E-state index contributed by atoms with van der Waals surface area (Å²) in [5, 5.41) is 0. The van der Waals surface area contributed by atoms with Gasteiger partial charge in [-0.15, -0.1) is 0 Å². The van der Waals surface area contributed by atoms with E-state index in [0.29, 0.717) is 6.42 Å². The Labute approximate surface area is 75.9 Å². The maximum atomic E-state index is 10.9. The van der Waals surface area contributed by atoms with E-state index in [9.17, 15) is 4.79 Å². The highest BCUT2D eigenvalue weighted by Gasteiger charge is 2.57. The lowest BCUT2D eigenvalue weighted by Gasteiger charge is -2.04. The van der Waals surface area contributed by atoms with E-state index >= 15 is 0 Å². The molecule has 4 nitrogen and oxygen atoms in total. The Hall–Kier alpha value is -1.42. The van der Waals surface area contributed by atoms with Gasteiger partial charge in [0.15, 0.2) is 0 Å². The fourth-order valence-electron chi connectivity index (χ4n) is 1.50. The third-order valence-corrected chi connectivity index (χ3v) is 2.51. The normalized spacial score (nSPS) is 31.3. The van der Waals surface area contributed by atoms with Gasteiger partial charge in [0.25, 0.3) is 0 Å². The van der Waals surface area contributed by atoms with Gasteiger partial charge >= 0.3 is 0 Å². The van der Waals surface area contributed by atoms with Crippen LogP contribution in [0.15, 0.2) is 24.4 Å². The van der Waals surface area contributed by atoms with Crippen molar-refractivity contribution in [3.05, 3.63) is 30.1 Å². The summed E-state index contributed by atoms with van der Waals surface area (Å²) in [4.78, 5) is 15.1. The molecule has 1 amide bonds. The van der Waals surface area contributed by atoms with Crippen molar-refractivity contribution in [1.29, 1.82) is 0 Å². The van der Waals surface area contributed by atoms with E-state index in [4.69, 9.17) is 11.5 Å². The Morgan fingerprint density at radius 2 is 2.38 bits per heavy atom. The molecule has 0 spiro atoms. The van der Waals surface area contributed by atoms with E-state index in [1.165, 1.54) is 0 Å². The van der Waals surface area contributed by atoms with Crippen LogP contribution in [-0.2, 0) is 4.79 Å². The fraction of sp³-hybridized carbons (Fsp3) is 0.333. The quantitative estimate of drug-likeness (QED) is 0.653. The van der Waals surface area contributed by atoms with Gasteiger partial charge < -0.3 is 11.5 Å². The zero-order valence-corrected chi connectivity index (χ0v) is 7.10. The first kappa shape index (κ1) is 8.19. The van der Waals surface area contributed by atoms with Crippen LogP contribution in [0.25, 0.3) is 0 Å². The second-order valence-corrected chi connectivity index (χ2v) is 3.42. The molecule has 0 unspecified atom stereocenters. The average molecular weight is 177 g/mol. The van der Waals surface area contributed by atoms with Gasteiger partial charge in [0, 0.05) is 17.8 Å². The molecule has 1 fully saturated rings. The smallest absolute Gasteiger partial charge is 0.238 e. The first-order valence-corrected chi connectivity index (χ1v) is 4.14. The van der Waals surface area contributed by atoms with Gasteiger partial charge in [-0.25, -0.2) is 0 Å². The number of carbonyl (C=O) groups excluding carboxylic acids is 1. The standard InChI is InChI=1S/C9H11N3O/c10-8(13)9(11)5-6(9)7-3-1-2-4-12-7/h1-4,6H,5,11H2,(H2,10,13)/t6-,9+/m1/s1. The number of primary amides is 1. The second-order valence-electron chi connectivity index (χ2n) is 3.42. The molecule has 1 aromatic heterocycles. The summed E-state index contributed by atoms with van der Waals surface area (Å²) in [6.45, 7) is 0. The van der Waals surface area contributed by atoms with Crippen LogP contribution in [0.4, 0.5) is 0 Å². The lowest BCUT2D eigenvalue weighted by Crippen LogP contribution is -2.40. The average Bonchev–Trinajstić information content (AvgIpc) is 2.81. The minimum absolute atomic E-state index is 0.00574. The van der Waals surface area contributed by atoms with E-state index in [2.05, 4.69) is 4.98 Å². The summed E-state index contributed by atoms with van der Waals surface area (Å²) < 4.78 is 0. The second kappa shape index (κ2) is 2.53.